The van der Waals surface area contributed by atoms with Crippen molar-refractivity contribution in [3.05, 3.63) is 40.8 Å². The summed E-state index contributed by atoms with van der Waals surface area (Å²) in [6.45, 7) is 12.3. The standard InChI is InChI=1S/C13H20N2O3.C13H21NO4.C7H8N3O2P/c1-13(2,3)18-12(17)15-9-4-6-10(14-8-16)11(15)7-5-9;1-13(2,3)18-12(17)14-8-4-6-9(11(15)16)10(14)7-5-8;1-13(11,10-9-8)12-7-5-3-2-4-6-7/h9-11H,4-7H2,1-3H3;8-10H,4-7H2,1-3H3,(H,15,16);2-6H,1H3. The number of azide groups is 1. The van der Waals surface area contributed by atoms with Crippen LogP contribution in [0.2, 0.25) is 0 Å². The van der Waals surface area contributed by atoms with E-state index >= 15 is 0 Å². The normalized spacial score (nSPS) is 26.5. The number of aliphatic imine (C=N–C) groups is 1. The molecule has 5 rings (SSSR count). The van der Waals surface area contributed by atoms with E-state index < -0.39 is 30.6 Å². The SMILES string of the molecule is CC(C)(C)OC(=O)N1C2CCC(C(=O)O)C1CC2.CC(C)(C)OC(=O)N1C2CCC(N=C=O)C1CC2.CP(=O)(N=[N+]=[N-])Oc1ccccc1. The second kappa shape index (κ2) is 16.6. The number of amides is 2. The summed E-state index contributed by atoms with van der Waals surface area (Å²) >= 11 is 0. The number of aliphatic carboxylic acids is 1. The van der Waals surface area contributed by atoms with Gasteiger partial charge in [0.15, 0.2) is 0 Å². The summed E-state index contributed by atoms with van der Waals surface area (Å²) in [4.78, 5) is 58.8. The molecule has 0 aliphatic carbocycles. The summed E-state index contributed by atoms with van der Waals surface area (Å²) in [7, 11) is -3.21. The lowest BCUT2D eigenvalue weighted by Gasteiger charge is -2.38. The van der Waals surface area contributed by atoms with E-state index in [1.54, 1.807) is 46.2 Å². The Hall–Kier alpha value is -4.05. The van der Waals surface area contributed by atoms with Crippen LogP contribution < -0.4 is 4.52 Å². The van der Waals surface area contributed by atoms with Crippen molar-refractivity contribution in [3.8, 4) is 5.75 Å². The summed E-state index contributed by atoms with van der Waals surface area (Å²) in [5.74, 6) is -0.800. The maximum absolute atomic E-state index is 12.2. The van der Waals surface area contributed by atoms with Gasteiger partial charge in [-0.15, -0.1) is 0 Å². The van der Waals surface area contributed by atoms with Gasteiger partial charge in [0, 0.05) is 34.6 Å². The Balaban J connectivity index is 0.000000202. The van der Waals surface area contributed by atoms with Gasteiger partial charge in [-0.1, -0.05) is 18.2 Å². The number of carbonyl (C=O) groups excluding carboxylic acids is 3. The molecule has 4 fully saturated rings. The fraction of sp³-hybridized carbons (Fsp3) is 0.697. The molecule has 1 aromatic rings. The Labute approximate surface area is 287 Å². The third-order valence-electron chi connectivity index (χ3n) is 8.57. The molecular formula is C33H49N6O9P. The number of hydrogen-bond acceptors (Lipinski definition) is 9. The molecule has 16 heteroatoms. The van der Waals surface area contributed by atoms with Crippen molar-refractivity contribution in [3.63, 3.8) is 0 Å². The molecule has 4 bridgehead atoms. The molecular weight excluding hydrogens is 655 g/mol. The predicted octanol–water partition coefficient (Wildman–Crippen LogP) is 7.70. The van der Waals surface area contributed by atoms with Crippen LogP contribution in [0.5, 0.6) is 5.75 Å². The third-order valence-corrected chi connectivity index (χ3v) is 9.53. The van der Waals surface area contributed by atoms with Crippen molar-refractivity contribution in [2.75, 3.05) is 6.66 Å². The van der Waals surface area contributed by atoms with Gasteiger partial charge in [-0.25, -0.2) is 19.4 Å². The highest BCUT2D eigenvalue weighted by Crippen LogP contribution is 2.44. The van der Waals surface area contributed by atoms with Gasteiger partial charge in [0.1, 0.15) is 17.0 Å². The fourth-order valence-corrected chi connectivity index (χ4v) is 7.45. The van der Waals surface area contributed by atoms with E-state index in [0.29, 0.717) is 12.2 Å². The number of carboxylic acids is 1. The molecule has 4 heterocycles. The van der Waals surface area contributed by atoms with Crippen molar-refractivity contribution in [2.24, 2.45) is 15.8 Å². The number of isocyanates is 1. The first kappa shape index (κ1) is 39.4. The second-order valence-corrected chi connectivity index (χ2v) is 16.6. The summed E-state index contributed by atoms with van der Waals surface area (Å²) in [5, 5.41) is 9.21. The molecule has 4 aliphatic rings. The third kappa shape index (κ3) is 11.5. The van der Waals surface area contributed by atoms with Crippen LogP contribution in [0.4, 0.5) is 9.59 Å². The summed E-state index contributed by atoms with van der Waals surface area (Å²) in [6, 6.07) is 8.72. The van der Waals surface area contributed by atoms with E-state index in [-0.39, 0.29) is 42.4 Å². The smallest absolute Gasteiger partial charge is 0.410 e. The number of benzene rings is 1. The first-order chi connectivity index (χ1) is 22.9. The highest BCUT2D eigenvalue weighted by molar-refractivity contribution is 7.56. The number of rotatable bonds is 5. The van der Waals surface area contributed by atoms with Crippen molar-refractivity contribution < 1.29 is 42.8 Å². The average molecular weight is 705 g/mol. The van der Waals surface area contributed by atoms with Crippen LogP contribution in [0.25, 0.3) is 10.4 Å². The first-order valence-corrected chi connectivity index (χ1v) is 18.6. The lowest BCUT2D eigenvalue weighted by Crippen LogP contribution is -2.51. The predicted molar refractivity (Wildman–Crippen MR) is 181 cm³/mol. The van der Waals surface area contributed by atoms with Gasteiger partial charge in [0.2, 0.25) is 6.08 Å². The number of piperidine rings is 2. The minimum Gasteiger partial charge on any atom is -0.481 e. The van der Waals surface area contributed by atoms with Crippen LogP contribution >= 0.6 is 7.52 Å². The highest BCUT2D eigenvalue weighted by Gasteiger charge is 2.49. The molecule has 0 spiro atoms. The Morgan fingerprint density at radius 3 is 1.84 bits per heavy atom. The van der Waals surface area contributed by atoms with Crippen LogP contribution in [-0.4, -0.2) is 87.2 Å². The molecule has 0 aromatic heterocycles. The number of para-hydroxylation sites is 1. The largest absolute Gasteiger partial charge is 0.481 e. The average Bonchev–Trinajstić information content (AvgIpc) is 3.46. The van der Waals surface area contributed by atoms with Gasteiger partial charge in [0.05, 0.1) is 18.0 Å². The molecule has 7 atom stereocenters. The van der Waals surface area contributed by atoms with E-state index in [9.17, 15) is 28.8 Å². The number of nitrogens with zero attached hydrogens (tertiary/aromatic N) is 6. The maximum atomic E-state index is 12.2. The van der Waals surface area contributed by atoms with Crippen LogP contribution in [0.3, 0.4) is 0 Å². The van der Waals surface area contributed by atoms with Gasteiger partial charge in [-0.3, -0.25) is 9.36 Å². The number of carboxylic acid groups (broad SMARTS) is 1. The molecule has 270 valence electrons. The van der Waals surface area contributed by atoms with E-state index in [1.807, 2.05) is 41.5 Å². The monoisotopic (exact) mass is 704 g/mol. The number of fused-ring (bicyclic) bond motifs is 4. The zero-order valence-corrected chi connectivity index (χ0v) is 30.2. The van der Waals surface area contributed by atoms with Crippen molar-refractivity contribution >= 4 is 31.8 Å². The van der Waals surface area contributed by atoms with E-state index in [4.69, 9.17) is 19.5 Å². The minimum absolute atomic E-state index is 0.0139. The number of carbonyl (C=O) groups is 3. The quantitative estimate of drug-likeness (QED) is 0.0796. The zero-order valence-electron chi connectivity index (χ0n) is 29.4. The zero-order chi connectivity index (χ0) is 36.6. The van der Waals surface area contributed by atoms with Gasteiger partial charge >= 0.3 is 25.7 Å². The minimum atomic E-state index is -3.21. The van der Waals surface area contributed by atoms with Crippen LogP contribution in [0.15, 0.2) is 40.2 Å². The van der Waals surface area contributed by atoms with Crippen LogP contribution in [0, 0.1) is 5.92 Å². The summed E-state index contributed by atoms with van der Waals surface area (Å²) in [6.07, 6.45) is 7.75. The first-order valence-electron chi connectivity index (χ1n) is 16.6. The Morgan fingerprint density at radius 2 is 1.35 bits per heavy atom. The lowest BCUT2D eigenvalue weighted by atomic mass is 9.90. The molecule has 7 unspecified atom stereocenters. The van der Waals surface area contributed by atoms with Crippen molar-refractivity contribution in [1.29, 1.82) is 0 Å². The summed E-state index contributed by atoms with van der Waals surface area (Å²) in [5.41, 5.74) is 7.06. The molecule has 15 nitrogen and oxygen atoms in total. The topological polar surface area (TPSA) is 201 Å². The highest BCUT2D eigenvalue weighted by atomic mass is 31.2. The molecule has 1 aromatic carbocycles. The molecule has 2 amide bonds. The van der Waals surface area contributed by atoms with Gasteiger partial charge < -0.3 is 28.9 Å². The Morgan fingerprint density at radius 1 is 0.857 bits per heavy atom. The van der Waals surface area contributed by atoms with Crippen LogP contribution in [-0.2, 0) is 23.6 Å². The second-order valence-electron chi connectivity index (χ2n) is 14.6. The molecule has 4 saturated heterocycles. The number of ether oxygens (including phenoxy) is 2. The Kier molecular flexibility index (Phi) is 13.3. The van der Waals surface area contributed by atoms with Gasteiger partial charge in [-0.05, 0) is 111 Å². The number of hydrogen-bond donors (Lipinski definition) is 1. The van der Waals surface area contributed by atoms with Gasteiger partial charge in [-0.2, -0.15) is 0 Å². The molecule has 49 heavy (non-hydrogen) atoms. The summed E-state index contributed by atoms with van der Waals surface area (Å²) < 4.78 is 27.1. The van der Waals surface area contributed by atoms with Crippen molar-refractivity contribution in [1.82, 2.24) is 9.80 Å². The molecule has 0 radical (unpaired) electrons. The Bertz CT molecular complexity index is 1410. The lowest BCUT2D eigenvalue weighted by molar-refractivity contribution is -0.145. The molecule has 0 saturated carbocycles. The van der Waals surface area contributed by atoms with Crippen LogP contribution in [0.1, 0.15) is 92.9 Å². The fourth-order valence-electron chi connectivity index (χ4n) is 6.76. The van der Waals surface area contributed by atoms with Gasteiger partial charge in [0.25, 0.3) is 0 Å². The van der Waals surface area contributed by atoms with E-state index in [2.05, 4.69) is 14.8 Å². The molecule has 1 N–H and O–H groups in total. The van der Waals surface area contributed by atoms with E-state index in [0.717, 1.165) is 44.9 Å². The van der Waals surface area contributed by atoms with Crippen molar-refractivity contribution in [2.45, 2.75) is 134 Å². The van der Waals surface area contributed by atoms with E-state index in [1.165, 1.54) is 6.66 Å². The molecule has 4 aliphatic heterocycles. The maximum Gasteiger partial charge on any atom is 0.410 e.